The van der Waals surface area contributed by atoms with Crippen molar-refractivity contribution >= 4 is 11.7 Å². The van der Waals surface area contributed by atoms with Gasteiger partial charge in [-0.3, -0.25) is 0 Å². The van der Waals surface area contributed by atoms with Gasteiger partial charge in [-0.15, -0.1) is 0 Å². The second kappa shape index (κ2) is 6.74. The van der Waals surface area contributed by atoms with E-state index >= 15 is 0 Å². The highest BCUT2D eigenvalue weighted by molar-refractivity contribution is 5.90. The van der Waals surface area contributed by atoms with Crippen LogP contribution in [0.15, 0.2) is 36.5 Å². The summed E-state index contributed by atoms with van der Waals surface area (Å²) in [7, 11) is 0. The molecule has 2 amide bonds. The Morgan fingerprint density at radius 2 is 2.12 bits per heavy atom. The molecule has 1 aromatic rings. The third-order valence-corrected chi connectivity index (χ3v) is 2.73. The fourth-order valence-corrected chi connectivity index (χ4v) is 1.58. The second-order valence-electron chi connectivity index (χ2n) is 4.00. The summed E-state index contributed by atoms with van der Waals surface area (Å²) < 4.78 is 0. The number of allylic oxidation sites excluding steroid dienone is 1. The van der Waals surface area contributed by atoms with Crippen molar-refractivity contribution < 1.29 is 4.79 Å². The summed E-state index contributed by atoms with van der Waals surface area (Å²) in [6.07, 6.45) is 4.44. The number of anilines is 1. The van der Waals surface area contributed by atoms with Crippen molar-refractivity contribution in [2.24, 2.45) is 0 Å². The molecule has 0 saturated heterocycles. The molecule has 0 heterocycles. The molecule has 0 aliphatic heterocycles. The lowest BCUT2D eigenvalue weighted by Gasteiger charge is -2.15. The van der Waals surface area contributed by atoms with E-state index in [1.54, 1.807) is 12.3 Å². The lowest BCUT2D eigenvalue weighted by Crippen LogP contribution is -2.24. The zero-order valence-electron chi connectivity index (χ0n) is 10.7. The van der Waals surface area contributed by atoms with Crippen LogP contribution in [0, 0.1) is 0 Å². The molecular formula is C14H20N2O. The van der Waals surface area contributed by atoms with Gasteiger partial charge in [0.25, 0.3) is 0 Å². The highest BCUT2D eigenvalue weighted by Gasteiger charge is 2.09. The van der Waals surface area contributed by atoms with E-state index < -0.39 is 0 Å². The molecule has 3 nitrogen and oxygen atoms in total. The maximum Gasteiger partial charge on any atom is 0.323 e. The van der Waals surface area contributed by atoms with Crippen LogP contribution in [0.1, 0.15) is 38.7 Å². The van der Waals surface area contributed by atoms with Crippen LogP contribution in [0.3, 0.4) is 0 Å². The summed E-state index contributed by atoms with van der Waals surface area (Å²) in [6, 6.07) is 7.70. The molecule has 0 radical (unpaired) electrons. The van der Waals surface area contributed by atoms with Crippen molar-refractivity contribution in [3.8, 4) is 0 Å². The summed E-state index contributed by atoms with van der Waals surface area (Å²) in [5.74, 6) is 0.438. The molecule has 0 spiro atoms. The molecule has 1 aromatic carbocycles. The van der Waals surface area contributed by atoms with Crippen LogP contribution in [-0.2, 0) is 0 Å². The summed E-state index contributed by atoms with van der Waals surface area (Å²) in [4.78, 5) is 11.6. The van der Waals surface area contributed by atoms with Gasteiger partial charge in [-0.25, -0.2) is 4.79 Å². The molecule has 0 bridgehead atoms. The maximum atomic E-state index is 11.6. The number of hydrogen-bond donors (Lipinski definition) is 2. The zero-order chi connectivity index (χ0) is 12.7. The van der Waals surface area contributed by atoms with Gasteiger partial charge in [0.15, 0.2) is 0 Å². The highest BCUT2D eigenvalue weighted by atomic mass is 16.2. The van der Waals surface area contributed by atoms with Crippen LogP contribution >= 0.6 is 0 Å². The van der Waals surface area contributed by atoms with Crippen molar-refractivity contribution in [2.45, 2.75) is 33.1 Å². The van der Waals surface area contributed by atoms with Gasteiger partial charge >= 0.3 is 6.03 Å². The molecule has 2 N–H and O–H groups in total. The largest absolute Gasteiger partial charge is 0.323 e. The van der Waals surface area contributed by atoms with Crippen molar-refractivity contribution in [3.05, 3.63) is 42.1 Å². The molecule has 17 heavy (non-hydrogen) atoms. The Morgan fingerprint density at radius 3 is 2.76 bits per heavy atom. The number of rotatable bonds is 4. The Balaban J connectivity index is 2.79. The number of carbonyl (C=O) groups is 1. The fraction of sp³-hybridized carbons (Fsp3) is 0.357. The van der Waals surface area contributed by atoms with Crippen LogP contribution in [-0.4, -0.2) is 6.03 Å². The lowest BCUT2D eigenvalue weighted by atomic mass is 9.97. The first kappa shape index (κ1) is 13.3. The topological polar surface area (TPSA) is 41.1 Å². The standard InChI is InChI=1S/C14H20N2O/c1-4-10-15-14(17)16-13-9-7-6-8-12(13)11(3)5-2/h4,6-11H,5H2,1-3H3,(H2,15,16,17)/b10-4+. The highest BCUT2D eigenvalue weighted by Crippen LogP contribution is 2.26. The average molecular weight is 232 g/mol. The number of urea groups is 1. The van der Waals surface area contributed by atoms with E-state index in [4.69, 9.17) is 0 Å². The first-order valence-corrected chi connectivity index (χ1v) is 5.96. The number of para-hydroxylation sites is 1. The Labute approximate surface area is 103 Å². The van der Waals surface area contributed by atoms with Crippen LogP contribution in [0.2, 0.25) is 0 Å². The van der Waals surface area contributed by atoms with Crippen LogP contribution < -0.4 is 10.6 Å². The van der Waals surface area contributed by atoms with Crippen molar-refractivity contribution in [1.29, 1.82) is 0 Å². The van der Waals surface area contributed by atoms with Crippen LogP contribution in [0.4, 0.5) is 10.5 Å². The lowest BCUT2D eigenvalue weighted by molar-refractivity contribution is 0.255. The molecule has 0 aliphatic rings. The molecule has 1 atom stereocenters. The van der Waals surface area contributed by atoms with Crippen LogP contribution in [0.5, 0.6) is 0 Å². The Kier molecular flexibility index (Phi) is 5.27. The number of hydrogen-bond acceptors (Lipinski definition) is 1. The molecule has 0 fully saturated rings. The number of benzene rings is 1. The minimum atomic E-state index is -0.209. The number of amides is 2. The normalized spacial score (nSPS) is 12.4. The quantitative estimate of drug-likeness (QED) is 0.813. The van der Waals surface area contributed by atoms with Crippen molar-refractivity contribution in [3.63, 3.8) is 0 Å². The summed E-state index contributed by atoms with van der Waals surface area (Å²) in [6.45, 7) is 6.15. The summed E-state index contributed by atoms with van der Waals surface area (Å²) >= 11 is 0. The van der Waals surface area contributed by atoms with Crippen molar-refractivity contribution in [1.82, 2.24) is 5.32 Å². The van der Waals surface area contributed by atoms with E-state index in [0.717, 1.165) is 12.1 Å². The molecule has 0 aliphatic carbocycles. The van der Waals surface area contributed by atoms with Gasteiger partial charge in [0.2, 0.25) is 0 Å². The minimum absolute atomic E-state index is 0.209. The smallest absolute Gasteiger partial charge is 0.315 e. The monoisotopic (exact) mass is 232 g/mol. The molecular weight excluding hydrogens is 212 g/mol. The average Bonchev–Trinajstić information content (AvgIpc) is 2.36. The third kappa shape index (κ3) is 3.94. The van der Waals surface area contributed by atoms with E-state index in [-0.39, 0.29) is 6.03 Å². The fourth-order valence-electron chi connectivity index (χ4n) is 1.58. The van der Waals surface area contributed by atoms with E-state index in [2.05, 4.69) is 30.5 Å². The molecule has 0 saturated carbocycles. The van der Waals surface area contributed by atoms with Gasteiger partial charge in [0.1, 0.15) is 0 Å². The molecule has 1 rings (SSSR count). The first-order chi connectivity index (χ1) is 8.19. The third-order valence-electron chi connectivity index (χ3n) is 2.73. The molecule has 3 heteroatoms. The summed E-state index contributed by atoms with van der Waals surface area (Å²) in [5, 5.41) is 5.49. The summed E-state index contributed by atoms with van der Waals surface area (Å²) in [5.41, 5.74) is 2.05. The van der Waals surface area contributed by atoms with Gasteiger partial charge in [-0.1, -0.05) is 38.1 Å². The van der Waals surface area contributed by atoms with Gasteiger partial charge in [-0.2, -0.15) is 0 Å². The van der Waals surface area contributed by atoms with Crippen molar-refractivity contribution in [2.75, 3.05) is 5.32 Å². The van der Waals surface area contributed by atoms with E-state index in [1.807, 2.05) is 25.1 Å². The maximum absolute atomic E-state index is 11.6. The van der Waals surface area contributed by atoms with Gasteiger partial charge in [0, 0.05) is 11.9 Å². The van der Waals surface area contributed by atoms with E-state index in [9.17, 15) is 4.79 Å². The van der Waals surface area contributed by atoms with E-state index in [1.165, 1.54) is 5.56 Å². The van der Waals surface area contributed by atoms with Gasteiger partial charge in [-0.05, 0) is 30.9 Å². The Morgan fingerprint density at radius 1 is 1.41 bits per heavy atom. The molecule has 0 aromatic heterocycles. The first-order valence-electron chi connectivity index (χ1n) is 5.96. The number of carbonyl (C=O) groups excluding carboxylic acids is 1. The molecule has 1 unspecified atom stereocenters. The predicted molar refractivity (Wildman–Crippen MR) is 72.1 cm³/mol. The zero-order valence-corrected chi connectivity index (χ0v) is 10.7. The van der Waals surface area contributed by atoms with E-state index in [0.29, 0.717) is 5.92 Å². The van der Waals surface area contributed by atoms with Crippen LogP contribution in [0.25, 0.3) is 0 Å². The Bertz CT molecular complexity index is 399. The predicted octanol–water partition coefficient (Wildman–Crippen LogP) is 3.86. The number of nitrogens with one attached hydrogen (secondary N) is 2. The Hall–Kier alpha value is -1.77. The van der Waals surface area contributed by atoms with Gasteiger partial charge < -0.3 is 10.6 Å². The van der Waals surface area contributed by atoms with Gasteiger partial charge in [0.05, 0.1) is 0 Å². The minimum Gasteiger partial charge on any atom is -0.315 e. The SMILES string of the molecule is C/C=C/NC(=O)Nc1ccccc1C(C)CC. The second-order valence-corrected chi connectivity index (χ2v) is 4.00. The molecule has 92 valence electrons.